The van der Waals surface area contributed by atoms with Crippen LogP contribution in [0.3, 0.4) is 0 Å². The van der Waals surface area contributed by atoms with Crippen LogP contribution in [0.15, 0.2) is 11.6 Å². The fourth-order valence-corrected chi connectivity index (χ4v) is 10.8. The van der Waals surface area contributed by atoms with E-state index in [1.54, 1.807) is 0 Å². The molecule has 37 heavy (non-hydrogen) atoms. The van der Waals surface area contributed by atoms with Crippen LogP contribution in [0.4, 0.5) is 0 Å². The molecular formula is C32H48O5. The maximum atomic E-state index is 14.4. The van der Waals surface area contributed by atoms with Gasteiger partial charge >= 0.3 is 11.9 Å². The SMILES string of the molecule is CC(=O)OC1CC[C@@]2(C)C(CC[C@]3(C)[C@@H]2C(=O)C=C2[C@@H]4C[C@@](C)(C(=O)O)CC[C@]4(C)CC[C@]23C)C1(C)C. The summed E-state index contributed by atoms with van der Waals surface area (Å²) in [4.78, 5) is 38.5. The number of carbonyl (C=O) groups excluding carboxylic acids is 2. The highest BCUT2D eigenvalue weighted by Gasteiger charge is 2.70. The Bertz CT molecular complexity index is 1070. The molecule has 0 aromatic heterocycles. The predicted octanol–water partition coefficient (Wildman–Crippen LogP) is 6.98. The lowest BCUT2D eigenvalue weighted by molar-refractivity contribution is -0.210. The molecule has 0 aromatic rings. The molecule has 0 amide bonds. The standard InChI is InChI=1S/C32H48O5/c1-19(33)37-24-10-11-30(6)23(27(24,2)3)9-12-32(8)25(30)22(34)17-20-21-18-29(5,26(35)36)14-13-28(21,4)15-16-31(20,32)7/h17,21,23-25H,9-16,18H2,1-8H3,(H,35,36)/t21-,23?,24?,25+,28+,29-,30-,31+,32+/m0/s1. The molecule has 4 saturated carbocycles. The van der Waals surface area contributed by atoms with Crippen molar-refractivity contribution in [3.63, 3.8) is 0 Å². The normalized spacial score (nSPS) is 50.5. The number of esters is 1. The largest absolute Gasteiger partial charge is 0.481 e. The Morgan fingerprint density at radius 1 is 0.919 bits per heavy atom. The summed E-state index contributed by atoms with van der Waals surface area (Å²) >= 11 is 0. The third-order valence-electron chi connectivity index (χ3n) is 13.3. The second-order valence-electron chi connectivity index (χ2n) is 15.5. The second-order valence-corrected chi connectivity index (χ2v) is 15.5. The fourth-order valence-electron chi connectivity index (χ4n) is 10.8. The van der Waals surface area contributed by atoms with Crippen LogP contribution in [0, 0.1) is 50.2 Å². The molecule has 0 bridgehead atoms. The van der Waals surface area contributed by atoms with E-state index in [0.29, 0.717) is 18.8 Å². The number of allylic oxidation sites excluding steroid dienone is 2. The summed E-state index contributed by atoms with van der Waals surface area (Å²) < 4.78 is 5.82. The molecule has 5 rings (SSSR count). The number of carbonyl (C=O) groups is 3. The maximum Gasteiger partial charge on any atom is 0.309 e. The third kappa shape index (κ3) is 3.43. The van der Waals surface area contributed by atoms with Crippen molar-refractivity contribution in [2.45, 2.75) is 119 Å². The molecule has 0 heterocycles. The van der Waals surface area contributed by atoms with E-state index in [-0.39, 0.29) is 56.8 Å². The van der Waals surface area contributed by atoms with Crippen molar-refractivity contribution < 1.29 is 24.2 Å². The van der Waals surface area contributed by atoms with Gasteiger partial charge in [0.05, 0.1) is 5.41 Å². The van der Waals surface area contributed by atoms with Crippen LogP contribution in [0.5, 0.6) is 0 Å². The Labute approximate surface area is 223 Å². The molecule has 5 aliphatic rings. The van der Waals surface area contributed by atoms with E-state index >= 15 is 0 Å². The number of carboxylic acid groups (broad SMARTS) is 1. The Kier molecular flexibility index (Phi) is 5.78. The first-order valence-corrected chi connectivity index (χ1v) is 14.6. The highest BCUT2D eigenvalue weighted by Crippen LogP contribution is 2.75. The van der Waals surface area contributed by atoms with Crippen molar-refractivity contribution in [1.82, 2.24) is 0 Å². The van der Waals surface area contributed by atoms with E-state index in [2.05, 4.69) is 41.5 Å². The fraction of sp³-hybridized carbons (Fsp3) is 0.844. The number of rotatable bonds is 2. The van der Waals surface area contributed by atoms with Gasteiger partial charge in [-0.3, -0.25) is 14.4 Å². The van der Waals surface area contributed by atoms with Gasteiger partial charge in [0.15, 0.2) is 5.78 Å². The average Bonchev–Trinajstić information content (AvgIpc) is 2.78. The number of carboxylic acids is 1. The summed E-state index contributed by atoms with van der Waals surface area (Å²) in [7, 11) is 0. The number of hydrogen-bond donors (Lipinski definition) is 1. The van der Waals surface area contributed by atoms with Crippen molar-refractivity contribution in [3.8, 4) is 0 Å². The number of ketones is 1. The number of fused-ring (bicyclic) bond motifs is 7. The van der Waals surface area contributed by atoms with Crippen molar-refractivity contribution in [1.29, 1.82) is 0 Å². The van der Waals surface area contributed by atoms with E-state index < -0.39 is 11.4 Å². The quantitative estimate of drug-likeness (QED) is 0.404. The average molecular weight is 513 g/mol. The Morgan fingerprint density at radius 3 is 2.19 bits per heavy atom. The molecule has 5 nitrogen and oxygen atoms in total. The minimum absolute atomic E-state index is 0.0644. The molecule has 9 atom stereocenters. The molecule has 0 spiro atoms. The summed E-state index contributed by atoms with van der Waals surface area (Å²) in [5.41, 5.74) is -0.0327. The summed E-state index contributed by atoms with van der Waals surface area (Å²) in [5, 5.41) is 10.1. The zero-order valence-electron chi connectivity index (χ0n) is 24.3. The summed E-state index contributed by atoms with van der Waals surface area (Å²) in [6, 6.07) is 0. The van der Waals surface area contributed by atoms with E-state index in [9.17, 15) is 19.5 Å². The summed E-state index contributed by atoms with van der Waals surface area (Å²) in [5.74, 6) is -0.280. The summed E-state index contributed by atoms with van der Waals surface area (Å²) in [6.07, 6.45) is 10.0. The molecule has 5 heteroatoms. The van der Waals surface area contributed by atoms with Crippen LogP contribution >= 0.6 is 0 Å². The highest BCUT2D eigenvalue weighted by molar-refractivity contribution is 5.95. The van der Waals surface area contributed by atoms with E-state index in [4.69, 9.17) is 4.74 Å². The molecule has 1 N–H and O–H groups in total. The topological polar surface area (TPSA) is 80.7 Å². The van der Waals surface area contributed by atoms with Crippen LogP contribution in [0.1, 0.15) is 113 Å². The molecule has 2 unspecified atom stereocenters. The van der Waals surface area contributed by atoms with E-state index in [1.165, 1.54) is 12.5 Å². The van der Waals surface area contributed by atoms with Crippen molar-refractivity contribution in [2.75, 3.05) is 0 Å². The lowest BCUT2D eigenvalue weighted by Gasteiger charge is -2.70. The van der Waals surface area contributed by atoms with Crippen LogP contribution in [0.2, 0.25) is 0 Å². The third-order valence-corrected chi connectivity index (χ3v) is 13.3. The maximum absolute atomic E-state index is 14.4. The van der Waals surface area contributed by atoms with Crippen molar-refractivity contribution in [3.05, 3.63) is 11.6 Å². The molecular weight excluding hydrogens is 464 g/mol. The van der Waals surface area contributed by atoms with Gasteiger partial charge in [-0.1, -0.05) is 47.1 Å². The minimum Gasteiger partial charge on any atom is -0.481 e. The van der Waals surface area contributed by atoms with Gasteiger partial charge in [-0.25, -0.2) is 0 Å². The minimum atomic E-state index is -0.729. The van der Waals surface area contributed by atoms with Gasteiger partial charge in [0, 0.05) is 18.3 Å². The van der Waals surface area contributed by atoms with Gasteiger partial charge in [-0.2, -0.15) is 0 Å². The predicted molar refractivity (Wildman–Crippen MR) is 143 cm³/mol. The van der Waals surface area contributed by atoms with Gasteiger partial charge < -0.3 is 9.84 Å². The first-order chi connectivity index (χ1) is 16.9. The van der Waals surface area contributed by atoms with Gasteiger partial charge in [0.2, 0.25) is 0 Å². The summed E-state index contributed by atoms with van der Waals surface area (Å²) in [6.45, 7) is 17.4. The molecule has 0 saturated heterocycles. The zero-order valence-corrected chi connectivity index (χ0v) is 24.3. The lowest BCUT2D eigenvalue weighted by Crippen LogP contribution is -2.66. The first kappa shape index (κ1) is 26.9. The highest BCUT2D eigenvalue weighted by atomic mass is 16.5. The first-order valence-electron chi connectivity index (χ1n) is 14.6. The van der Waals surface area contributed by atoms with Gasteiger partial charge in [-0.15, -0.1) is 0 Å². The van der Waals surface area contributed by atoms with Crippen LogP contribution in [-0.4, -0.2) is 28.9 Å². The Balaban J connectivity index is 1.58. The van der Waals surface area contributed by atoms with Gasteiger partial charge in [-0.05, 0) is 104 Å². The molecule has 5 aliphatic carbocycles. The molecule has 0 aliphatic heterocycles. The van der Waals surface area contributed by atoms with Crippen LogP contribution in [-0.2, 0) is 19.1 Å². The van der Waals surface area contributed by atoms with Gasteiger partial charge in [0.1, 0.15) is 6.10 Å². The van der Waals surface area contributed by atoms with E-state index in [1.807, 2.05) is 13.0 Å². The molecule has 206 valence electrons. The number of aliphatic carboxylic acids is 1. The number of hydrogen-bond acceptors (Lipinski definition) is 4. The Hall–Kier alpha value is -1.65. The smallest absolute Gasteiger partial charge is 0.309 e. The van der Waals surface area contributed by atoms with Gasteiger partial charge in [0.25, 0.3) is 0 Å². The molecule has 4 fully saturated rings. The van der Waals surface area contributed by atoms with Crippen LogP contribution < -0.4 is 0 Å². The van der Waals surface area contributed by atoms with E-state index in [0.717, 1.165) is 44.9 Å². The second kappa shape index (κ2) is 7.94. The lowest BCUT2D eigenvalue weighted by atomic mass is 9.33. The van der Waals surface area contributed by atoms with Crippen molar-refractivity contribution in [2.24, 2.45) is 50.2 Å². The van der Waals surface area contributed by atoms with Crippen LogP contribution in [0.25, 0.3) is 0 Å². The molecule has 0 radical (unpaired) electrons. The molecule has 0 aromatic carbocycles. The number of ether oxygens (including phenoxy) is 1. The monoisotopic (exact) mass is 512 g/mol. The Morgan fingerprint density at radius 2 is 1.57 bits per heavy atom. The van der Waals surface area contributed by atoms with Crippen molar-refractivity contribution >= 4 is 17.7 Å². The zero-order chi connectivity index (χ0) is 27.4.